The zero-order valence-electron chi connectivity index (χ0n) is 15.2. The van der Waals surface area contributed by atoms with E-state index < -0.39 is 0 Å². The number of para-hydroxylation sites is 1. The van der Waals surface area contributed by atoms with Gasteiger partial charge < -0.3 is 15.4 Å². The summed E-state index contributed by atoms with van der Waals surface area (Å²) in [7, 11) is 1.77. The number of aliphatic imine (C=N–C) groups is 1. The maximum absolute atomic E-state index is 5.65. The van der Waals surface area contributed by atoms with Gasteiger partial charge in [0.15, 0.2) is 5.96 Å². The van der Waals surface area contributed by atoms with Crippen LogP contribution in [-0.4, -0.2) is 24.6 Å². The van der Waals surface area contributed by atoms with Gasteiger partial charge in [0.1, 0.15) is 10.8 Å². The monoisotopic (exact) mass is 474 g/mol. The Morgan fingerprint density at radius 2 is 1.96 bits per heavy atom. The minimum atomic E-state index is 0. The number of thiazole rings is 1. The first kappa shape index (κ1) is 21.7. The number of guanidine groups is 1. The summed E-state index contributed by atoms with van der Waals surface area (Å²) in [5.41, 5.74) is 2.25. The van der Waals surface area contributed by atoms with E-state index in [0.29, 0.717) is 25.6 Å². The summed E-state index contributed by atoms with van der Waals surface area (Å²) in [6.07, 6.45) is 0. The molecule has 0 aliphatic carbocycles. The number of benzene rings is 1. The Hall–Kier alpha value is -1.35. The molecular formula is C18H27IN4OS. The van der Waals surface area contributed by atoms with E-state index in [0.717, 1.165) is 28.0 Å². The van der Waals surface area contributed by atoms with Crippen molar-refractivity contribution in [2.45, 2.75) is 39.8 Å². The Labute approximate surface area is 171 Å². The van der Waals surface area contributed by atoms with Crippen molar-refractivity contribution >= 4 is 41.3 Å². The van der Waals surface area contributed by atoms with E-state index in [9.17, 15) is 0 Å². The summed E-state index contributed by atoms with van der Waals surface area (Å²) in [6, 6.07) is 8.04. The van der Waals surface area contributed by atoms with Gasteiger partial charge in [-0.25, -0.2) is 4.98 Å². The summed E-state index contributed by atoms with van der Waals surface area (Å²) in [4.78, 5) is 8.89. The molecule has 0 saturated carbocycles. The van der Waals surface area contributed by atoms with E-state index in [1.54, 1.807) is 18.4 Å². The van der Waals surface area contributed by atoms with Crippen LogP contribution in [0.3, 0.4) is 0 Å². The van der Waals surface area contributed by atoms with E-state index in [-0.39, 0.29) is 24.0 Å². The maximum Gasteiger partial charge on any atom is 0.191 e. The third-order valence-electron chi connectivity index (χ3n) is 3.51. The molecule has 2 aromatic rings. The summed E-state index contributed by atoms with van der Waals surface area (Å²) >= 11 is 1.68. The summed E-state index contributed by atoms with van der Waals surface area (Å²) in [5.74, 6) is 2.12. The van der Waals surface area contributed by atoms with Gasteiger partial charge in [-0.05, 0) is 18.9 Å². The smallest absolute Gasteiger partial charge is 0.191 e. The molecule has 0 bridgehead atoms. The van der Waals surface area contributed by atoms with Crippen molar-refractivity contribution in [2.24, 2.45) is 4.99 Å². The molecule has 0 saturated heterocycles. The largest absolute Gasteiger partial charge is 0.494 e. The summed E-state index contributed by atoms with van der Waals surface area (Å²) in [6.45, 7) is 8.29. The van der Waals surface area contributed by atoms with E-state index in [1.165, 1.54) is 0 Å². The molecule has 2 rings (SSSR count). The van der Waals surface area contributed by atoms with Crippen LogP contribution in [0.1, 0.15) is 43.0 Å². The van der Waals surface area contributed by atoms with Gasteiger partial charge in [-0.1, -0.05) is 32.0 Å². The molecule has 138 valence electrons. The second kappa shape index (κ2) is 11.3. The molecule has 1 aromatic heterocycles. The molecule has 0 aliphatic rings. The number of aromatic nitrogens is 1. The molecule has 25 heavy (non-hydrogen) atoms. The molecule has 0 aliphatic heterocycles. The fraction of sp³-hybridized carbons (Fsp3) is 0.444. The average molecular weight is 474 g/mol. The highest BCUT2D eigenvalue weighted by Crippen LogP contribution is 2.18. The highest BCUT2D eigenvalue weighted by Gasteiger charge is 2.07. The molecule has 0 amide bonds. The van der Waals surface area contributed by atoms with Gasteiger partial charge in [-0.15, -0.1) is 35.3 Å². The lowest BCUT2D eigenvalue weighted by Crippen LogP contribution is -2.36. The Balaban J connectivity index is 0.00000312. The number of rotatable bonds is 7. The van der Waals surface area contributed by atoms with Crippen LogP contribution < -0.4 is 15.4 Å². The van der Waals surface area contributed by atoms with Crippen molar-refractivity contribution in [2.75, 3.05) is 13.7 Å². The molecule has 5 nitrogen and oxygen atoms in total. The molecular weight excluding hydrogens is 447 g/mol. The van der Waals surface area contributed by atoms with Crippen molar-refractivity contribution in [3.05, 3.63) is 45.9 Å². The molecule has 0 fully saturated rings. The molecule has 0 spiro atoms. The van der Waals surface area contributed by atoms with E-state index in [4.69, 9.17) is 4.74 Å². The Kier molecular flexibility index (Phi) is 9.81. The van der Waals surface area contributed by atoms with Crippen LogP contribution in [0.4, 0.5) is 0 Å². The first-order valence-corrected chi connectivity index (χ1v) is 9.11. The van der Waals surface area contributed by atoms with Crippen molar-refractivity contribution in [3.63, 3.8) is 0 Å². The molecule has 2 N–H and O–H groups in total. The molecule has 0 atom stereocenters. The Morgan fingerprint density at radius 3 is 2.60 bits per heavy atom. The van der Waals surface area contributed by atoms with Gasteiger partial charge in [-0.2, -0.15) is 0 Å². The second-order valence-electron chi connectivity index (χ2n) is 5.64. The van der Waals surface area contributed by atoms with Gasteiger partial charge >= 0.3 is 0 Å². The highest BCUT2D eigenvalue weighted by molar-refractivity contribution is 14.0. The van der Waals surface area contributed by atoms with E-state index in [2.05, 4.69) is 45.9 Å². The third kappa shape index (κ3) is 6.81. The predicted molar refractivity (Wildman–Crippen MR) is 116 cm³/mol. The zero-order chi connectivity index (χ0) is 17.4. The predicted octanol–water partition coefficient (Wildman–Crippen LogP) is 4.15. The lowest BCUT2D eigenvalue weighted by molar-refractivity contribution is 0.336. The average Bonchev–Trinajstić information content (AvgIpc) is 3.06. The van der Waals surface area contributed by atoms with Crippen LogP contribution in [0.15, 0.2) is 34.6 Å². The zero-order valence-corrected chi connectivity index (χ0v) is 18.4. The van der Waals surface area contributed by atoms with Crippen LogP contribution in [-0.2, 0) is 13.1 Å². The molecule has 1 aromatic carbocycles. The summed E-state index contributed by atoms with van der Waals surface area (Å²) < 4.78 is 5.65. The van der Waals surface area contributed by atoms with Crippen LogP contribution >= 0.6 is 35.3 Å². The Morgan fingerprint density at radius 1 is 1.24 bits per heavy atom. The third-order valence-corrected chi connectivity index (χ3v) is 4.38. The van der Waals surface area contributed by atoms with Crippen LogP contribution in [0, 0.1) is 0 Å². The minimum Gasteiger partial charge on any atom is -0.494 e. The van der Waals surface area contributed by atoms with Gasteiger partial charge in [0.05, 0.1) is 18.8 Å². The van der Waals surface area contributed by atoms with Gasteiger partial charge in [-0.3, -0.25) is 4.99 Å². The van der Waals surface area contributed by atoms with Crippen molar-refractivity contribution < 1.29 is 4.74 Å². The van der Waals surface area contributed by atoms with E-state index in [1.807, 2.05) is 25.1 Å². The fourth-order valence-electron chi connectivity index (χ4n) is 2.18. The van der Waals surface area contributed by atoms with Crippen LogP contribution in [0.5, 0.6) is 5.75 Å². The number of halogens is 1. The Bertz CT molecular complexity index is 673. The van der Waals surface area contributed by atoms with Gasteiger partial charge in [0.2, 0.25) is 0 Å². The van der Waals surface area contributed by atoms with E-state index >= 15 is 0 Å². The topological polar surface area (TPSA) is 58.5 Å². The minimum absolute atomic E-state index is 0. The summed E-state index contributed by atoms with van der Waals surface area (Å²) in [5, 5.41) is 9.81. The number of nitrogens with one attached hydrogen (secondary N) is 2. The maximum atomic E-state index is 5.65. The van der Waals surface area contributed by atoms with Crippen molar-refractivity contribution in [1.29, 1.82) is 0 Å². The second-order valence-corrected chi connectivity index (χ2v) is 6.58. The lowest BCUT2D eigenvalue weighted by Gasteiger charge is -2.13. The van der Waals surface area contributed by atoms with Gasteiger partial charge in [0.25, 0.3) is 0 Å². The van der Waals surface area contributed by atoms with Crippen molar-refractivity contribution in [1.82, 2.24) is 15.6 Å². The number of hydrogen-bond acceptors (Lipinski definition) is 4. The van der Waals surface area contributed by atoms with Crippen LogP contribution in [0.25, 0.3) is 0 Å². The SMILES string of the molecule is CCOc1ccccc1CNC(=NC)NCc1nc(C(C)C)cs1.I. The molecule has 0 unspecified atom stereocenters. The number of nitrogens with zero attached hydrogens (tertiary/aromatic N) is 2. The molecule has 7 heteroatoms. The number of ether oxygens (including phenoxy) is 1. The highest BCUT2D eigenvalue weighted by atomic mass is 127. The molecule has 0 radical (unpaired) electrons. The molecule has 1 heterocycles. The fourth-order valence-corrected chi connectivity index (χ4v) is 3.07. The van der Waals surface area contributed by atoms with Crippen LogP contribution in [0.2, 0.25) is 0 Å². The lowest BCUT2D eigenvalue weighted by atomic mass is 10.2. The first-order chi connectivity index (χ1) is 11.6. The first-order valence-electron chi connectivity index (χ1n) is 8.23. The quantitative estimate of drug-likeness (QED) is 0.360. The standard InChI is InChI=1S/C18H26N4OS.HI/c1-5-23-16-9-7-6-8-14(16)10-20-18(19-4)21-11-17-22-15(12-24-17)13(2)3;/h6-9,12-13H,5,10-11H2,1-4H3,(H2,19,20,21);1H. The van der Waals surface area contributed by atoms with Gasteiger partial charge in [0, 0.05) is 24.5 Å². The van der Waals surface area contributed by atoms with Crippen molar-refractivity contribution in [3.8, 4) is 5.75 Å². The normalized spacial score (nSPS) is 11.2. The number of hydrogen-bond donors (Lipinski definition) is 2.